The Hall–Kier alpha value is -1.64. The second-order valence-corrected chi connectivity index (χ2v) is 3.50. The van der Waals surface area contributed by atoms with Crippen molar-refractivity contribution in [1.29, 1.82) is 0 Å². The predicted octanol–water partition coefficient (Wildman–Crippen LogP) is 1.98. The zero-order valence-electron chi connectivity index (χ0n) is 9.48. The minimum absolute atomic E-state index is 0.236. The van der Waals surface area contributed by atoms with Crippen LogP contribution in [0.1, 0.15) is 5.56 Å². The summed E-state index contributed by atoms with van der Waals surface area (Å²) in [7, 11) is 10.4. The van der Waals surface area contributed by atoms with Crippen LogP contribution in [0.15, 0.2) is 54.6 Å². The SMILES string of the molecule is [B]c1ccccc1.[B]c1ccccc1C(F)(F)F. The van der Waals surface area contributed by atoms with E-state index < -0.39 is 11.7 Å². The van der Waals surface area contributed by atoms with Gasteiger partial charge in [-0.15, -0.1) is 0 Å². The molecule has 0 aromatic heterocycles. The van der Waals surface area contributed by atoms with Crippen molar-refractivity contribution >= 4 is 26.6 Å². The summed E-state index contributed by atoms with van der Waals surface area (Å²) in [5.41, 5.74) is -0.192. The molecule has 0 saturated carbocycles. The van der Waals surface area contributed by atoms with Crippen LogP contribution in [0.4, 0.5) is 13.2 Å². The van der Waals surface area contributed by atoms with Gasteiger partial charge in [0.05, 0.1) is 0 Å². The monoisotopic (exact) mass is 244 g/mol. The highest BCUT2D eigenvalue weighted by molar-refractivity contribution is 6.33. The first-order valence-corrected chi connectivity index (χ1v) is 5.13. The quantitative estimate of drug-likeness (QED) is 0.621. The first-order valence-electron chi connectivity index (χ1n) is 5.13. The molecule has 0 heterocycles. The second kappa shape index (κ2) is 6.34. The van der Waals surface area contributed by atoms with Crippen molar-refractivity contribution < 1.29 is 13.2 Å². The lowest BCUT2D eigenvalue weighted by Gasteiger charge is -2.08. The van der Waals surface area contributed by atoms with Gasteiger partial charge in [0.2, 0.25) is 0 Å². The van der Waals surface area contributed by atoms with E-state index in [4.69, 9.17) is 15.7 Å². The summed E-state index contributed by atoms with van der Waals surface area (Å²) in [6.07, 6.45) is -4.34. The van der Waals surface area contributed by atoms with Crippen LogP contribution in [0.2, 0.25) is 0 Å². The average Bonchev–Trinajstić information content (AvgIpc) is 2.30. The van der Waals surface area contributed by atoms with E-state index in [0.717, 1.165) is 11.5 Å². The topological polar surface area (TPSA) is 0 Å². The molecule has 0 aliphatic heterocycles. The number of alkyl halides is 3. The molecule has 0 spiro atoms. The van der Waals surface area contributed by atoms with Gasteiger partial charge in [0.25, 0.3) is 0 Å². The third-order valence-electron chi connectivity index (χ3n) is 2.07. The lowest BCUT2D eigenvalue weighted by molar-refractivity contribution is -0.136. The second-order valence-electron chi connectivity index (χ2n) is 3.50. The molecule has 0 aliphatic carbocycles. The standard InChI is InChI=1S/C7H4BF3.C6H5B/c8-6-4-2-1-3-5(6)7(9,10)11;7-6-4-2-1-3-5-6/h1-4H;1-5H. The van der Waals surface area contributed by atoms with Crippen LogP contribution in [0.3, 0.4) is 0 Å². The maximum absolute atomic E-state index is 12.0. The fraction of sp³-hybridized carbons (Fsp3) is 0.0769. The molecule has 2 rings (SSSR count). The zero-order chi connectivity index (χ0) is 13.6. The Morgan fingerprint density at radius 3 is 1.56 bits per heavy atom. The Labute approximate surface area is 107 Å². The molecule has 4 radical (unpaired) electrons. The van der Waals surface area contributed by atoms with Gasteiger partial charge >= 0.3 is 6.18 Å². The highest BCUT2D eigenvalue weighted by atomic mass is 19.4. The number of hydrogen-bond acceptors (Lipinski definition) is 0. The molecule has 88 valence electrons. The Bertz CT molecular complexity index is 481. The number of halogens is 3. The first kappa shape index (κ1) is 14.4. The van der Waals surface area contributed by atoms with E-state index in [1.165, 1.54) is 18.2 Å². The van der Waals surface area contributed by atoms with Crippen molar-refractivity contribution in [3.8, 4) is 0 Å². The lowest BCUT2D eigenvalue weighted by Crippen LogP contribution is -2.18. The summed E-state index contributed by atoms with van der Waals surface area (Å²) in [4.78, 5) is 0. The summed E-state index contributed by atoms with van der Waals surface area (Å²) >= 11 is 0. The Kier molecular flexibility index (Phi) is 5.08. The molecule has 0 nitrogen and oxygen atoms in total. The Balaban J connectivity index is 0.000000199. The Morgan fingerprint density at radius 1 is 0.722 bits per heavy atom. The number of hydrogen-bond donors (Lipinski definition) is 0. The zero-order valence-corrected chi connectivity index (χ0v) is 9.48. The van der Waals surface area contributed by atoms with Gasteiger partial charge in [0, 0.05) is 5.56 Å². The molecule has 5 heteroatoms. The van der Waals surface area contributed by atoms with Crippen molar-refractivity contribution in [3.63, 3.8) is 0 Å². The minimum Gasteiger partial charge on any atom is -0.166 e. The normalized spacial score (nSPS) is 10.4. The predicted molar refractivity (Wildman–Crippen MR) is 68.7 cm³/mol. The first-order chi connectivity index (χ1) is 8.41. The average molecular weight is 244 g/mol. The van der Waals surface area contributed by atoms with Gasteiger partial charge in [0.1, 0.15) is 15.7 Å². The largest absolute Gasteiger partial charge is 0.415 e. The molecule has 0 amide bonds. The van der Waals surface area contributed by atoms with E-state index in [-0.39, 0.29) is 5.46 Å². The van der Waals surface area contributed by atoms with Gasteiger partial charge in [-0.2, -0.15) is 13.2 Å². The van der Waals surface area contributed by atoms with Crippen LogP contribution in [-0.4, -0.2) is 15.7 Å². The molecule has 0 unspecified atom stereocenters. The molecule has 0 saturated heterocycles. The van der Waals surface area contributed by atoms with Crippen LogP contribution in [0.5, 0.6) is 0 Å². The van der Waals surface area contributed by atoms with Crippen LogP contribution < -0.4 is 10.9 Å². The van der Waals surface area contributed by atoms with Gasteiger partial charge in [-0.25, -0.2) is 0 Å². The maximum Gasteiger partial charge on any atom is 0.415 e. The molecule has 0 fully saturated rings. The summed E-state index contributed by atoms with van der Waals surface area (Å²) in [6, 6.07) is 14.4. The molecular weight excluding hydrogens is 235 g/mol. The van der Waals surface area contributed by atoms with Crippen molar-refractivity contribution in [2.45, 2.75) is 6.18 Å². The molecule has 18 heavy (non-hydrogen) atoms. The molecule has 0 atom stereocenters. The van der Waals surface area contributed by atoms with Gasteiger partial charge in [-0.3, -0.25) is 0 Å². The third kappa shape index (κ3) is 4.70. The van der Waals surface area contributed by atoms with E-state index in [0.29, 0.717) is 0 Å². The van der Waals surface area contributed by atoms with Crippen LogP contribution in [-0.2, 0) is 6.18 Å². The van der Waals surface area contributed by atoms with Gasteiger partial charge in [0.15, 0.2) is 0 Å². The van der Waals surface area contributed by atoms with Gasteiger partial charge in [-0.05, 0) is 0 Å². The molecule has 0 bridgehead atoms. The summed E-state index contributed by atoms with van der Waals surface area (Å²) in [5.74, 6) is 0. The van der Waals surface area contributed by atoms with Crippen LogP contribution >= 0.6 is 0 Å². The third-order valence-corrected chi connectivity index (χ3v) is 2.07. The van der Waals surface area contributed by atoms with E-state index in [1.807, 2.05) is 30.3 Å². The van der Waals surface area contributed by atoms with Gasteiger partial charge < -0.3 is 0 Å². The molecule has 0 aliphatic rings. The summed E-state index contributed by atoms with van der Waals surface area (Å²) < 4.78 is 35.9. The fourth-order valence-electron chi connectivity index (χ4n) is 1.21. The van der Waals surface area contributed by atoms with E-state index in [1.54, 1.807) is 0 Å². The Morgan fingerprint density at radius 2 is 1.22 bits per heavy atom. The van der Waals surface area contributed by atoms with Crippen molar-refractivity contribution in [3.05, 3.63) is 60.2 Å². The highest BCUT2D eigenvalue weighted by Gasteiger charge is 2.31. The molecule has 2 aromatic carbocycles. The molecule has 0 N–H and O–H groups in total. The van der Waals surface area contributed by atoms with Crippen molar-refractivity contribution in [1.82, 2.24) is 0 Å². The van der Waals surface area contributed by atoms with Gasteiger partial charge in [-0.1, -0.05) is 65.5 Å². The van der Waals surface area contributed by atoms with E-state index in [9.17, 15) is 13.2 Å². The number of rotatable bonds is 0. The molecular formula is C13H9B2F3. The molecule has 2 aromatic rings. The van der Waals surface area contributed by atoms with E-state index in [2.05, 4.69) is 0 Å². The summed E-state index contributed by atoms with van der Waals surface area (Å²) in [6.45, 7) is 0. The van der Waals surface area contributed by atoms with Crippen molar-refractivity contribution in [2.24, 2.45) is 0 Å². The highest BCUT2D eigenvalue weighted by Crippen LogP contribution is 2.26. The fourth-order valence-corrected chi connectivity index (χ4v) is 1.21. The van der Waals surface area contributed by atoms with Crippen LogP contribution in [0, 0.1) is 0 Å². The van der Waals surface area contributed by atoms with Crippen molar-refractivity contribution in [2.75, 3.05) is 0 Å². The lowest BCUT2D eigenvalue weighted by atomic mass is 9.90. The van der Waals surface area contributed by atoms with Crippen LogP contribution in [0.25, 0.3) is 0 Å². The minimum atomic E-state index is -4.34. The van der Waals surface area contributed by atoms with E-state index >= 15 is 0 Å². The summed E-state index contributed by atoms with van der Waals surface area (Å²) in [5, 5.41) is 0. The smallest absolute Gasteiger partial charge is 0.166 e. The number of benzene rings is 2. The maximum atomic E-state index is 12.0.